The molecule has 3 heterocycles. The van der Waals surface area contributed by atoms with E-state index in [1.54, 1.807) is 24.4 Å². The second kappa shape index (κ2) is 7.41. The number of nitrogens with one attached hydrogen (secondary N) is 1. The van der Waals surface area contributed by atoms with Crippen LogP contribution in [0.3, 0.4) is 0 Å². The van der Waals surface area contributed by atoms with Crippen LogP contribution in [0.1, 0.15) is 34.5 Å². The Balaban J connectivity index is 1.30. The Hall–Kier alpha value is -2.85. The predicted octanol–water partition coefficient (Wildman–Crippen LogP) is 1.97. The number of likely N-dealkylation sites (tertiary alicyclic amines) is 2. The Labute approximate surface area is 158 Å². The normalized spacial score (nSPS) is 20.9. The number of phenolic OH excluding ortho intramolecular Hbond substituents is 1. The molecule has 1 amide bonds. The van der Waals surface area contributed by atoms with Gasteiger partial charge in [0, 0.05) is 38.9 Å². The summed E-state index contributed by atoms with van der Waals surface area (Å²) in [5, 5.41) is 25.3. The van der Waals surface area contributed by atoms with E-state index in [0.29, 0.717) is 23.1 Å². The number of aromatic amines is 1. The first kappa shape index (κ1) is 17.6. The second-order valence-electron chi connectivity index (χ2n) is 7.54. The van der Waals surface area contributed by atoms with Crippen LogP contribution in [0.5, 0.6) is 5.75 Å². The van der Waals surface area contributed by atoms with Crippen LogP contribution < -0.4 is 0 Å². The number of rotatable bonds is 4. The van der Waals surface area contributed by atoms with Crippen molar-refractivity contribution in [1.29, 1.82) is 5.26 Å². The van der Waals surface area contributed by atoms with Crippen molar-refractivity contribution in [3.05, 3.63) is 47.3 Å². The van der Waals surface area contributed by atoms with E-state index in [2.05, 4.69) is 15.1 Å². The quantitative estimate of drug-likeness (QED) is 0.864. The number of nitriles is 1. The van der Waals surface area contributed by atoms with Crippen molar-refractivity contribution in [3.63, 3.8) is 0 Å². The number of benzene rings is 1. The monoisotopic (exact) mass is 365 g/mol. The number of aromatic hydroxyl groups is 1. The molecular formula is C20H23N5O2. The first-order valence-electron chi connectivity index (χ1n) is 9.37. The molecule has 1 aromatic heterocycles. The number of phenols is 1. The van der Waals surface area contributed by atoms with Crippen LogP contribution in [0.25, 0.3) is 0 Å². The molecule has 7 heteroatoms. The molecule has 2 aliphatic heterocycles. The van der Waals surface area contributed by atoms with Crippen LogP contribution in [0.2, 0.25) is 0 Å². The fraction of sp³-hybridized carbons (Fsp3) is 0.450. The number of H-pyrrole nitrogens is 1. The zero-order valence-corrected chi connectivity index (χ0v) is 15.1. The molecule has 4 rings (SSSR count). The van der Waals surface area contributed by atoms with Crippen LogP contribution in [-0.4, -0.2) is 57.2 Å². The lowest BCUT2D eigenvalue weighted by molar-refractivity contribution is 0.0168. The summed E-state index contributed by atoms with van der Waals surface area (Å²) < 4.78 is 0. The smallest absolute Gasteiger partial charge is 0.271 e. The molecule has 1 atom stereocenters. The zero-order valence-electron chi connectivity index (χ0n) is 15.1. The lowest BCUT2D eigenvalue weighted by Gasteiger charge is -2.46. The maximum absolute atomic E-state index is 12.5. The van der Waals surface area contributed by atoms with Gasteiger partial charge in [0.15, 0.2) is 0 Å². The minimum atomic E-state index is 0.0342. The van der Waals surface area contributed by atoms with Crippen LogP contribution in [0, 0.1) is 23.2 Å². The van der Waals surface area contributed by atoms with Crippen LogP contribution in [-0.2, 0) is 6.54 Å². The molecule has 27 heavy (non-hydrogen) atoms. The Morgan fingerprint density at radius 3 is 2.89 bits per heavy atom. The summed E-state index contributed by atoms with van der Waals surface area (Å²) in [7, 11) is 0. The third-order valence-corrected chi connectivity index (χ3v) is 5.72. The summed E-state index contributed by atoms with van der Waals surface area (Å²) in [5.41, 5.74) is 1.93. The SMILES string of the molecule is N#Cc1cc(CN2CC(C3CCCN(C(=O)c4ccn[nH]4)C3)C2)ccc1O. The first-order chi connectivity index (χ1) is 13.1. The van der Waals surface area contributed by atoms with Crippen molar-refractivity contribution < 1.29 is 9.90 Å². The summed E-state index contributed by atoms with van der Waals surface area (Å²) in [4.78, 5) is 16.8. The summed E-state index contributed by atoms with van der Waals surface area (Å²) in [5.74, 6) is 1.22. The van der Waals surface area contributed by atoms with Crippen molar-refractivity contribution in [2.24, 2.45) is 11.8 Å². The number of piperidine rings is 1. The molecule has 2 N–H and O–H groups in total. The lowest BCUT2D eigenvalue weighted by atomic mass is 9.80. The van der Waals surface area contributed by atoms with Gasteiger partial charge in [-0.15, -0.1) is 0 Å². The molecule has 2 aromatic rings. The molecule has 2 saturated heterocycles. The molecule has 0 saturated carbocycles. The Kier molecular flexibility index (Phi) is 4.82. The van der Waals surface area contributed by atoms with E-state index >= 15 is 0 Å². The zero-order chi connectivity index (χ0) is 18.8. The number of hydrogen-bond acceptors (Lipinski definition) is 5. The minimum absolute atomic E-state index is 0.0342. The van der Waals surface area contributed by atoms with Gasteiger partial charge < -0.3 is 10.0 Å². The largest absolute Gasteiger partial charge is 0.507 e. The van der Waals surface area contributed by atoms with E-state index in [9.17, 15) is 9.90 Å². The molecular weight excluding hydrogens is 342 g/mol. The van der Waals surface area contributed by atoms with Gasteiger partial charge in [0.2, 0.25) is 0 Å². The minimum Gasteiger partial charge on any atom is -0.507 e. The Bertz CT molecular complexity index is 852. The average molecular weight is 365 g/mol. The van der Waals surface area contributed by atoms with Crippen molar-refractivity contribution >= 4 is 5.91 Å². The number of carbonyl (C=O) groups excluding carboxylic acids is 1. The molecule has 140 valence electrons. The van der Waals surface area contributed by atoms with Crippen molar-refractivity contribution in [2.45, 2.75) is 19.4 Å². The highest BCUT2D eigenvalue weighted by Gasteiger charge is 2.36. The molecule has 0 radical (unpaired) electrons. The highest BCUT2D eigenvalue weighted by atomic mass is 16.3. The van der Waals surface area contributed by atoms with Crippen molar-refractivity contribution in [1.82, 2.24) is 20.0 Å². The van der Waals surface area contributed by atoms with E-state index in [1.165, 1.54) is 6.42 Å². The maximum atomic E-state index is 12.5. The van der Waals surface area contributed by atoms with Crippen LogP contribution in [0.4, 0.5) is 0 Å². The van der Waals surface area contributed by atoms with Gasteiger partial charge in [0.05, 0.1) is 5.56 Å². The number of carbonyl (C=O) groups is 1. The highest BCUT2D eigenvalue weighted by Crippen LogP contribution is 2.32. The number of amides is 1. The third-order valence-electron chi connectivity index (χ3n) is 5.72. The van der Waals surface area contributed by atoms with Crippen molar-refractivity contribution in [2.75, 3.05) is 26.2 Å². The van der Waals surface area contributed by atoms with Gasteiger partial charge in [-0.05, 0) is 48.4 Å². The number of hydrogen-bond donors (Lipinski definition) is 2. The number of aromatic nitrogens is 2. The predicted molar refractivity (Wildman–Crippen MR) is 98.8 cm³/mol. The molecule has 0 bridgehead atoms. The Morgan fingerprint density at radius 2 is 2.15 bits per heavy atom. The fourth-order valence-electron chi connectivity index (χ4n) is 4.19. The van der Waals surface area contributed by atoms with Gasteiger partial charge in [-0.2, -0.15) is 10.4 Å². The van der Waals surface area contributed by atoms with Gasteiger partial charge in [-0.1, -0.05) is 6.07 Å². The van der Waals surface area contributed by atoms with E-state index in [0.717, 1.165) is 44.7 Å². The van der Waals surface area contributed by atoms with E-state index < -0.39 is 0 Å². The molecule has 0 aliphatic carbocycles. The van der Waals surface area contributed by atoms with Gasteiger partial charge in [-0.25, -0.2) is 0 Å². The van der Waals surface area contributed by atoms with E-state index in [4.69, 9.17) is 5.26 Å². The van der Waals surface area contributed by atoms with Gasteiger partial charge in [0.25, 0.3) is 5.91 Å². The highest BCUT2D eigenvalue weighted by molar-refractivity contribution is 5.92. The molecule has 0 spiro atoms. The molecule has 7 nitrogen and oxygen atoms in total. The molecule has 1 unspecified atom stereocenters. The maximum Gasteiger partial charge on any atom is 0.271 e. The first-order valence-corrected chi connectivity index (χ1v) is 9.37. The van der Waals surface area contributed by atoms with Gasteiger partial charge in [-0.3, -0.25) is 14.8 Å². The molecule has 2 fully saturated rings. The lowest BCUT2D eigenvalue weighted by Crippen LogP contribution is -2.53. The fourth-order valence-corrected chi connectivity index (χ4v) is 4.19. The summed E-state index contributed by atoms with van der Waals surface area (Å²) in [6.07, 6.45) is 3.83. The third kappa shape index (κ3) is 3.67. The van der Waals surface area contributed by atoms with Crippen LogP contribution >= 0.6 is 0 Å². The molecule has 1 aromatic carbocycles. The second-order valence-corrected chi connectivity index (χ2v) is 7.54. The molecule has 2 aliphatic rings. The topological polar surface area (TPSA) is 96.3 Å². The van der Waals surface area contributed by atoms with E-state index in [-0.39, 0.29) is 11.7 Å². The van der Waals surface area contributed by atoms with E-state index in [1.807, 2.05) is 17.0 Å². The summed E-state index contributed by atoms with van der Waals surface area (Å²) in [6.45, 7) is 4.44. The summed E-state index contributed by atoms with van der Waals surface area (Å²) in [6, 6.07) is 8.96. The summed E-state index contributed by atoms with van der Waals surface area (Å²) >= 11 is 0. The number of nitrogens with zero attached hydrogens (tertiary/aromatic N) is 4. The van der Waals surface area contributed by atoms with Gasteiger partial charge >= 0.3 is 0 Å². The van der Waals surface area contributed by atoms with Crippen molar-refractivity contribution in [3.8, 4) is 11.8 Å². The standard InChI is InChI=1S/C20H23N5O2/c21-9-16-8-14(3-4-19(16)26)10-24-11-17(12-24)15-2-1-7-25(13-15)20(27)18-5-6-22-23-18/h3-6,8,15,17,26H,1-2,7,10-13H2,(H,22,23). The Morgan fingerprint density at radius 1 is 1.30 bits per heavy atom. The van der Waals surface area contributed by atoms with Gasteiger partial charge in [0.1, 0.15) is 17.5 Å². The van der Waals surface area contributed by atoms with Crippen LogP contribution in [0.15, 0.2) is 30.5 Å². The average Bonchev–Trinajstić information content (AvgIpc) is 3.19.